The minimum absolute atomic E-state index is 0.0664. The van der Waals surface area contributed by atoms with Crippen LogP contribution in [-0.4, -0.2) is 29.5 Å². The highest BCUT2D eigenvalue weighted by atomic mass is 16.5. The van der Waals surface area contributed by atoms with Crippen molar-refractivity contribution in [2.24, 2.45) is 0 Å². The van der Waals surface area contributed by atoms with Gasteiger partial charge in [-0.05, 0) is 37.1 Å². The van der Waals surface area contributed by atoms with Crippen LogP contribution < -0.4 is 4.90 Å². The number of H-pyrrole nitrogens is 1. The third-order valence-corrected chi connectivity index (χ3v) is 4.55. The monoisotopic (exact) mass is 334 g/mol. The smallest absolute Gasteiger partial charge is 0.355 e. The van der Waals surface area contributed by atoms with Crippen LogP contribution in [0.15, 0.2) is 54.6 Å². The van der Waals surface area contributed by atoms with E-state index in [4.69, 9.17) is 4.74 Å². The second kappa shape index (κ2) is 6.09. The molecule has 0 saturated carbocycles. The number of carbonyl (C=O) groups is 2. The van der Waals surface area contributed by atoms with Gasteiger partial charge in [0.15, 0.2) is 6.61 Å². The molecule has 0 unspecified atom stereocenters. The van der Waals surface area contributed by atoms with Crippen LogP contribution in [-0.2, 0) is 16.0 Å². The number of ether oxygens (including phenoxy) is 1. The minimum atomic E-state index is -0.523. The number of nitrogens with one attached hydrogen (secondary N) is 1. The number of esters is 1. The molecule has 0 saturated heterocycles. The molecular weight excluding hydrogens is 316 g/mol. The van der Waals surface area contributed by atoms with Crippen LogP contribution in [0.3, 0.4) is 0 Å². The lowest BCUT2D eigenvalue weighted by Crippen LogP contribution is -2.38. The third-order valence-electron chi connectivity index (χ3n) is 4.55. The second-order valence-corrected chi connectivity index (χ2v) is 6.29. The Hall–Kier alpha value is -3.08. The maximum absolute atomic E-state index is 12.6. The molecule has 4 rings (SSSR count). The zero-order valence-corrected chi connectivity index (χ0v) is 13.9. The van der Waals surface area contributed by atoms with E-state index in [0.29, 0.717) is 5.69 Å². The summed E-state index contributed by atoms with van der Waals surface area (Å²) < 4.78 is 5.23. The molecule has 126 valence electrons. The molecule has 5 nitrogen and oxygen atoms in total. The van der Waals surface area contributed by atoms with Crippen molar-refractivity contribution in [3.63, 3.8) is 0 Å². The number of aromatic amines is 1. The van der Waals surface area contributed by atoms with Gasteiger partial charge in [0.25, 0.3) is 5.91 Å². The summed E-state index contributed by atoms with van der Waals surface area (Å²) in [7, 11) is 0. The highest BCUT2D eigenvalue weighted by Crippen LogP contribution is 2.31. The fourth-order valence-electron chi connectivity index (χ4n) is 3.40. The van der Waals surface area contributed by atoms with Gasteiger partial charge in [0.1, 0.15) is 5.69 Å². The summed E-state index contributed by atoms with van der Waals surface area (Å²) in [5.74, 6) is -0.730. The summed E-state index contributed by atoms with van der Waals surface area (Å²) in [6.45, 7) is 1.73. The van der Waals surface area contributed by atoms with Crippen LogP contribution in [0.25, 0.3) is 10.9 Å². The molecule has 1 atom stereocenters. The van der Waals surface area contributed by atoms with Crippen molar-refractivity contribution >= 4 is 28.5 Å². The topological polar surface area (TPSA) is 62.4 Å². The van der Waals surface area contributed by atoms with Crippen LogP contribution >= 0.6 is 0 Å². The first-order valence-electron chi connectivity index (χ1n) is 8.28. The van der Waals surface area contributed by atoms with Crippen LogP contribution in [0.2, 0.25) is 0 Å². The molecule has 1 aromatic heterocycles. The Bertz CT molecular complexity index is 927. The van der Waals surface area contributed by atoms with E-state index >= 15 is 0 Å². The fraction of sp³-hybridized carbons (Fsp3) is 0.200. The number of aromatic nitrogens is 1. The standard InChI is InChI=1S/C20H18N2O3/c1-13-10-15-7-3-5-9-18(15)22(13)19(23)12-25-20(24)17-11-14-6-2-4-8-16(14)21-17/h2-9,11,13,21H,10,12H2,1H3/t13-/m1/s1. The molecule has 0 fully saturated rings. The molecule has 0 aliphatic carbocycles. The average Bonchev–Trinajstić information content (AvgIpc) is 3.19. The second-order valence-electron chi connectivity index (χ2n) is 6.29. The number of carbonyl (C=O) groups excluding carboxylic acids is 2. The Morgan fingerprint density at radius 2 is 1.92 bits per heavy atom. The number of hydrogen-bond acceptors (Lipinski definition) is 3. The molecule has 1 N–H and O–H groups in total. The van der Waals surface area contributed by atoms with Gasteiger partial charge in [-0.2, -0.15) is 0 Å². The number of amides is 1. The summed E-state index contributed by atoms with van der Waals surface area (Å²) in [5, 5.41) is 0.933. The zero-order chi connectivity index (χ0) is 17.4. The molecule has 25 heavy (non-hydrogen) atoms. The zero-order valence-electron chi connectivity index (χ0n) is 13.9. The summed E-state index contributed by atoms with van der Waals surface area (Å²) in [6, 6.07) is 17.2. The van der Waals surface area contributed by atoms with Gasteiger partial charge in [0.05, 0.1) is 0 Å². The first-order valence-corrected chi connectivity index (χ1v) is 8.28. The molecule has 2 aromatic carbocycles. The van der Waals surface area contributed by atoms with E-state index in [-0.39, 0.29) is 18.6 Å². The third kappa shape index (κ3) is 2.78. The molecule has 0 radical (unpaired) electrons. The van der Waals surface area contributed by atoms with Crippen molar-refractivity contribution in [3.05, 3.63) is 65.9 Å². The quantitative estimate of drug-likeness (QED) is 0.748. The van der Waals surface area contributed by atoms with E-state index in [0.717, 1.165) is 28.6 Å². The predicted octanol–water partition coefficient (Wildman–Crippen LogP) is 3.30. The fourth-order valence-corrected chi connectivity index (χ4v) is 3.40. The highest BCUT2D eigenvalue weighted by Gasteiger charge is 2.31. The molecule has 3 aromatic rings. The summed E-state index contributed by atoms with van der Waals surface area (Å²) in [6.07, 6.45) is 0.817. The van der Waals surface area contributed by atoms with Gasteiger partial charge in [-0.25, -0.2) is 4.79 Å². The highest BCUT2D eigenvalue weighted by molar-refractivity contribution is 6.00. The largest absolute Gasteiger partial charge is 0.451 e. The number of anilines is 1. The van der Waals surface area contributed by atoms with Gasteiger partial charge in [0.2, 0.25) is 0 Å². The van der Waals surface area contributed by atoms with E-state index in [2.05, 4.69) is 4.98 Å². The number of para-hydroxylation sites is 2. The number of rotatable bonds is 3. The van der Waals surface area contributed by atoms with Crippen molar-refractivity contribution in [1.82, 2.24) is 4.98 Å². The number of hydrogen-bond donors (Lipinski definition) is 1. The number of benzene rings is 2. The van der Waals surface area contributed by atoms with Crippen LogP contribution in [0.5, 0.6) is 0 Å². The summed E-state index contributed by atoms with van der Waals surface area (Å²) in [5.41, 5.74) is 3.26. The van der Waals surface area contributed by atoms with Gasteiger partial charge in [-0.3, -0.25) is 4.79 Å². The Balaban J connectivity index is 1.46. The molecule has 1 aliphatic rings. The van der Waals surface area contributed by atoms with E-state index < -0.39 is 5.97 Å². The van der Waals surface area contributed by atoms with Crippen molar-refractivity contribution in [2.45, 2.75) is 19.4 Å². The maximum Gasteiger partial charge on any atom is 0.355 e. The molecular formula is C20H18N2O3. The van der Waals surface area contributed by atoms with Crippen molar-refractivity contribution in [3.8, 4) is 0 Å². The van der Waals surface area contributed by atoms with E-state index in [1.807, 2.05) is 55.5 Å². The summed E-state index contributed by atoms with van der Waals surface area (Å²) >= 11 is 0. The van der Waals surface area contributed by atoms with Crippen LogP contribution in [0, 0.1) is 0 Å². The molecule has 5 heteroatoms. The predicted molar refractivity (Wildman–Crippen MR) is 95.7 cm³/mol. The minimum Gasteiger partial charge on any atom is -0.451 e. The number of fused-ring (bicyclic) bond motifs is 2. The lowest BCUT2D eigenvalue weighted by Gasteiger charge is -2.22. The van der Waals surface area contributed by atoms with Crippen LogP contribution in [0.4, 0.5) is 5.69 Å². The van der Waals surface area contributed by atoms with E-state index in [1.54, 1.807) is 11.0 Å². The van der Waals surface area contributed by atoms with Crippen molar-refractivity contribution in [2.75, 3.05) is 11.5 Å². The van der Waals surface area contributed by atoms with Gasteiger partial charge in [-0.15, -0.1) is 0 Å². The van der Waals surface area contributed by atoms with Gasteiger partial charge in [-0.1, -0.05) is 36.4 Å². The molecule has 1 aliphatic heterocycles. The van der Waals surface area contributed by atoms with Crippen molar-refractivity contribution < 1.29 is 14.3 Å². The summed E-state index contributed by atoms with van der Waals surface area (Å²) in [4.78, 5) is 29.5. The molecule has 2 heterocycles. The lowest BCUT2D eigenvalue weighted by molar-refractivity contribution is -0.122. The Kier molecular flexibility index (Phi) is 3.76. The van der Waals surface area contributed by atoms with Crippen molar-refractivity contribution in [1.29, 1.82) is 0 Å². The Morgan fingerprint density at radius 3 is 2.76 bits per heavy atom. The first kappa shape index (κ1) is 15.4. The van der Waals surface area contributed by atoms with Gasteiger partial charge >= 0.3 is 5.97 Å². The molecule has 0 bridgehead atoms. The SMILES string of the molecule is C[C@@H]1Cc2ccccc2N1C(=O)COC(=O)c1cc2ccccc2[nH]1. The Labute approximate surface area is 145 Å². The first-order chi connectivity index (χ1) is 12.1. The van der Waals surface area contributed by atoms with E-state index in [1.165, 1.54) is 0 Å². The van der Waals surface area contributed by atoms with Gasteiger partial charge < -0.3 is 14.6 Å². The normalized spacial score (nSPS) is 16.0. The lowest BCUT2D eigenvalue weighted by atomic mass is 10.1. The molecule has 1 amide bonds. The Morgan fingerprint density at radius 1 is 1.16 bits per heavy atom. The van der Waals surface area contributed by atoms with E-state index in [9.17, 15) is 9.59 Å². The van der Waals surface area contributed by atoms with Crippen LogP contribution in [0.1, 0.15) is 23.0 Å². The molecule has 0 spiro atoms. The number of nitrogens with zero attached hydrogens (tertiary/aromatic N) is 1. The van der Waals surface area contributed by atoms with Gasteiger partial charge in [0, 0.05) is 22.6 Å². The maximum atomic E-state index is 12.6. The average molecular weight is 334 g/mol.